The van der Waals surface area contributed by atoms with E-state index < -0.39 is 0 Å². The van der Waals surface area contributed by atoms with Gasteiger partial charge in [-0.3, -0.25) is 4.79 Å². The molecule has 16 heavy (non-hydrogen) atoms. The lowest BCUT2D eigenvalue weighted by molar-refractivity contribution is -0.119. The van der Waals surface area contributed by atoms with Crippen molar-refractivity contribution >= 4 is 5.78 Å². The highest BCUT2D eigenvalue weighted by atomic mass is 16.1. The largest absolute Gasteiger partial charge is 0.294 e. The van der Waals surface area contributed by atoms with Crippen LogP contribution in [0.1, 0.15) is 46.5 Å². The van der Waals surface area contributed by atoms with E-state index in [0.717, 1.165) is 18.4 Å². The van der Waals surface area contributed by atoms with Gasteiger partial charge in [0.1, 0.15) is 0 Å². The van der Waals surface area contributed by atoms with Gasteiger partial charge in [-0.1, -0.05) is 31.6 Å². The Morgan fingerprint density at radius 2 is 2.25 bits per heavy atom. The molecule has 2 aliphatic carbocycles. The summed E-state index contributed by atoms with van der Waals surface area (Å²) in [5.74, 6) is 1.05. The van der Waals surface area contributed by atoms with E-state index in [1.54, 1.807) is 0 Å². The van der Waals surface area contributed by atoms with Gasteiger partial charge in [0.25, 0.3) is 0 Å². The third kappa shape index (κ3) is 1.66. The Bertz CT molecular complexity index is 364. The van der Waals surface area contributed by atoms with E-state index in [1.807, 2.05) is 13.0 Å². The second-order valence-electron chi connectivity index (χ2n) is 5.89. The van der Waals surface area contributed by atoms with E-state index in [9.17, 15) is 4.79 Å². The third-order valence-corrected chi connectivity index (χ3v) is 4.79. The number of fused-ring (bicyclic) bond motifs is 1. The molecule has 0 radical (unpaired) electrons. The van der Waals surface area contributed by atoms with Crippen LogP contribution in [-0.4, -0.2) is 5.78 Å². The molecule has 88 valence electrons. The Morgan fingerprint density at radius 1 is 1.56 bits per heavy atom. The summed E-state index contributed by atoms with van der Waals surface area (Å²) in [6.45, 7) is 10.6. The fourth-order valence-corrected chi connectivity index (χ4v) is 3.30. The highest BCUT2D eigenvalue weighted by Gasteiger charge is 2.43. The van der Waals surface area contributed by atoms with Gasteiger partial charge < -0.3 is 0 Å². The summed E-state index contributed by atoms with van der Waals surface area (Å²) in [5.41, 5.74) is 2.67. The maximum atomic E-state index is 12.0. The molecule has 1 heteroatoms. The minimum absolute atomic E-state index is 0.0642. The molecule has 1 nitrogen and oxygen atoms in total. The lowest BCUT2D eigenvalue weighted by Crippen LogP contribution is -2.39. The van der Waals surface area contributed by atoms with Crippen molar-refractivity contribution in [1.82, 2.24) is 0 Å². The molecule has 2 rings (SSSR count). The molecule has 2 aliphatic rings. The number of allylic oxidation sites excluding steroid dienone is 3. The molecule has 1 fully saturated rings. The second kappa shape index (κ2) is 3.87. The van der Waals surface area contributed by atoms with Crippen molar-refractivity contribution < 1.29 is 4.79 Å². The monoisotopic (exact) mass is 218 g/mol. The zero-order chi connectivity index (χ0) is 11.9. The summed E-state index contributed by atoms with van der Waals surface area (Å²) in [5, 5.41) is 0. The first-order valence-corrected chi connectivity index (χ1v) is 6.35. The molecule has 0 saturated heterocycles. The molecule has 0 heterocycles. The van der Waals surface area contributed by atoms with Crippen LogP contribution >= 0.6 is 0 Å². The Labute approximate surface area is 98.6 Å². The summed E-state index contributed by atoms with van der Waals surface area (Å²) >= 11 is 0. The van der Waals surface area contributed by atoms with Crippen LogP contribution in [0.2, 0.25) is 0 Å². The van der Waals surface area contributed by atoms with Gasteiger partial charge >= 0.3 is 0 Å². The summed E-state index contributed by atoms with van der Waals surface area (Å²) in [6.07, 6.45) is 6.57. The van der Waals surface area contributed by atoms with Crippen LogP contribution < -0.4 is 0 Å². The van der Waals surface area contributed by atoms with E-state index in [-0.39, 0.29) is 17.1 Å². The van der Waals surface area contributed by atoms with Crippen molar-refractivity contribution in [3.8, 4) is 0 Å². The van der Waals surface area contributed by atoms with Crippen molar-refractivity contribution in [3.05, 3.63) is 23.8 Å². The number of ketones is 1. The average Bonchev–Trinajstić information content (AvgIpc) is 2.20. The lowest BCUT2D eigenvalue weighted by atomic mass is 9.58. The summed E-state index contributed by atoms with van der Waals surface area (Å²) < 4.78 is 0. The molecular formula is C15H22O. The fraction of sp³-hybridized carbons (Fsp3) is 0.667. The highest BCUT2D eigenvalue weighted by molar-refractivity contribution is 5.95. The molecule has 0 aromatic heterocycles. The molecule has 1 unspecified atom stereocenters. The SMILES string of the molecule is C=C(C)C1C[C@@]2(C)C(=CC1=O)CCC[C@@H]2C. The Hall–Kier alpha value is -0.850. The van der Waals surface area contributed by atoms with Gasteiger partial charge in [-0.2, -0.15) is 0 Å². The molecule has 0 aromatic carbocycles. The molecule has 3 atom stereocenters. The van der Waals surface area contributed by atoms with Gasteiger partial charge in [-0.25, -0.2) is 0 Å². The number of hydrogen-bond donors (Lipinski definition) is 0. The van der Waals surface area contributed by atoms with Crippen molar-refractivity contribution in [3.63, 3.8) is 0 Å². The maximum Gasteiger partial charge on any atom is 0.162 e. The van der Waals surface area contributed by atoms with E-state index in [4.69, 9.17) is 0 Å². The summed E-state index contributed by atoms with van der Waals surface area (Å²) in [4.78, 5) is 12.0. The average molecular weight is 218 g/mol. The van der Waals surface area contributed by atoms with Crippen LogP contribution in [0.4, 0.5) is 0 Å². The molecule has 0 amide bonds. The number of carbonyl (C=O) groups is 1. The minimum atomic E-state index is 0.0642. The molecule has 0 aromatic rings. The van der Waals surface area contributed by atoms with Gasteiger partial charge in [0, 0.05) is 5.92 Å². The predicted octanol–water partition coefficient (Wildman–Crippen LogP) is 3.90. The quantitative estimate of drug-likeness (QED) is 0.610. The fourth-order valence-electron chi connectivity index (χ4n) is 3.30. The predicted molar refractivity (Wildman–Crippen MR) is 67.1 cm³/mol. The number of hydrogen-bond acceptors (Lipinski definition) is 1. The molecule has 0 N–H and O–H groups in total. The molecule has 0 bridgehead atoms. The Kier molecular flexibility index (Phi) is 2.81. The Balaban J connectivity index is 2.38. The zero-order valence-electron chi connectivity index (χ0n) is 10.7. The molecule has 0 spiro atoms. The van der Waals surface area contributed by atoms with E-state index in [1.165, 1.54) is 18.4 Å². The van der Waals surface area contributed by atoms with Crippen LogP contribution in [0.25, 0.3) is 0 Å². The van der Waals surface area contributed by atoms with Gasteiger partial charge in [-0.15, -0.1) is 0 Å². The highest BCUT2D eigenvalue weighted by Crippen LogP contribution is 2.52. The van der Waals surface area contributed by atoms with Crippen LogP contribution in [0.15, 0.2) is 23.8 Å². The third-order valence-electron chi connectivity index (χ3n) is 4.79. The van der Waals surface area contributed by atoms with Crippen LogP contribution in [-0.2, 0) is 4.79 Å². The van der Waals surface area contributed by atoms with Crippen LogP contribution in [0.3, 0.4) is 0 Å². The summed E-state index contributed by atoms with van der Waals surface area (Å²) in [7, 11) is 0. The lowest BCUT2D eigenvalue weighted by Gasteiger charge is -2.46. The minimum Gasteiger partial charge on any atom is -0.294 e. The van der Waals surface area contributed by atoms with Crippen molar-refractivity contribution in [1.29, 1.82) is 0 Å². The first-order valence-electron chi connectivity index (χ1n) is 6.35. The second-order valence-corrected chi connectivity index (χ2v) is 5.89. The van der Waals surface area contributed by atoms with Gasteiger partial charge in [0.15, 0.2) is 5.78 Å². The van der Waals surface area contributed by atoms with Gasteiger partial charge in [0.05, 0.1) is 0 Å². The Morgan fingerprint density at radius 3 is 2.88 bits per heavy atom. The van der Waals surface area contributed by atoms with Crippen LogP contribution in [0.5, 0.6) is 0 Å². The molecular weight excluding hydrogens is 196 g/mol. The van der Waals surface area contributed by atoms with E-state index in [0.29, 0.717) is 5.92 Å². The van der Waals surface area contributed by atoms with Crippen molar-refractivity contribution in [2.45, 2.75) is 46.5 Å². The summed E-state index contributed by atoms with van der Waals surface area (Å²) in [6, 6.07) is 0. The van der Waals surface area contributed by atoms with Gasteiger partial charge in [0.2, 0.25) is 0 Å². The van der Waals surface area contributed by atoms with Crippen molar-refractivity contribution in [2.75, 3.05) is 0 Å². The normalized spacial score (nSPS) is 38.9. The van der Waals surface area contributed by atoms with Gasteiger partial charge in [-0.05, 0) is 50.0 Å². The van der Waals surface area contributed by atoms with E-state index >= 15 is 0 Å². The number of rotatable bonds is 1. The standard InChI is InChI=1S/C15H22O/c1-10(2)13-9-15(4)11(3)6-5-7-12(15)8-14(13)16/h8,11,13H,1,5-7,9H2,2-4H3/t11-,13?,15+/m0/s1. The maximum absolute atomic E-state index is 12.0. The van der Waals surface area contributed by atoms with Crippen LogP contribution in [0, 0.1) is 17.3 Å². The topological polar surface area (TPSA) is 17.1 Å². The smallest absolute Gasteiger partial charge is 0.162 e. The first kappa shape index (κ1) is 11.6. The first-order chi connectivity index (χ1) is 7.45. The number of carbonyl (C=O) groups excluding carboxylic acids is 1. The molecule has 0 aliphatic heterocycles. The molecule has 1 saturated carbocycles. The van der Waals surface area contributed by atoms with Crippen molar-refractivity contribution in [2.24, 2.45) is 17.3 Å². The van der Waals surface area contributed by atoms with E-state index in [2.05, 4.69) is 20.4 Å². The zero-order valence-corrected chi connectivity index (χ0v) is 10.7.